The van der Waals surface area contributed by atoms with Gasteiger partial charge in [-0.1, -0.05) is 0 Å². The Kier molecular flexibility index (Phi) is 3.29. The van der Waals surface area contributed by atoms with Crippen molar-refractivity contribution in [2.24, 2.45) is 0 Å². The summed E-state index contributed by atoms with van der Waals surface area (Å²) in [6.07, 6.45) is 0.637. The third-order valence-electron chi connectivity index (χ3n) is 1.35. The smallest absolute Gasteiger partial charge is 0.153 e. The average molecular weight is 194 g/mol. The number of ketones is 2. The van der Waals surface area contributed by atoms with Crippen LogP contribution in [0.25, 0.3) is 0 Å². The van der Waals surface area contributed by atoms with Gasteiger partial charge in [-0.2, -0.15) is 0 Å². The molecule has 1 saturated carbocycles. The Labute approximate surface area is 67.5 Å². The maximum absolute atomic E-state index is 10.9. The van der Waals surface area contributed by atoms with Gasteiger partial charge in [0.2, 0.25) is 0 Å². The first kappa shape index (κ1) is 8.64. The topological polar surface area (TPSA) is 34.1 Å². The molecule has 1 aliphatic carbocycles. The van der Waals surface area contributed by atoms with Crippen molar-refractivity contribution in [2.45, 2.75) is 18.1 Å². The summed E-state index contributed by atoms with van der Waals surface area (Å²) in [6, 6.07) is 0. The lowest BCUT2D eigenvalue weighted by atomic mass is 10.3. The highest BCUT2D eigenvalue weighted by Gasteiger charge is 2.30. The standard InChI is InChI=1S/C5H8O2P2S/c6-3-1-4(7)5(2-3)10-9-8/h5,9H,1-2,8H2. The minimum atomic E-state index is -0.0247. The van der Waals surface area contributed by atoms with Crippen LogP contribution in [0.1, 0.15) is 12.8 Å². The van der Waals surface area contributed by atoms with Crippen LogP contribution in [-0.2, 0) is 9.59 Å². The molecule has 0 aromatic heterocycles. The Morgan fingerprint density at radius 1 is 1.60 bits per heavy atom. The van der Waals surface area contributed by atoms with Crippen LogP contribution in [-0.4, -0.2) is 16.8 Å². The molecule has 0 N–H and O–H groups in total. The third-order valence-corrected chi connectivity index (χ3v) is 4.69. The summed E-state index contributed by atoms with van der Waals surface area (Å²) in [6.45, 7) is 0. The first-order chi connectivity index (χ1) is 4.74. The van der Waals surface area contributed by atoms with Crippen molar-refractivity contribution in [2.75, 3.05) is 0 Å². The molecule has 0 saturated heterocycles. The third kappa shape index (κ3) is 2.02. The molecule has 3 atom stereocenters. The molecule has 1 fully saturated rings. The van der Waals surface area contributed by atoms with Gasteiger partial charge < -0.3 is 0 Å². The minimum absolute atomic E-state index is 0.0247. The van der Waals surface area contributed by atoms with E-state index in [0.717, 1.165) is 0 Å². The van der Waals surface area contributed by atoms with Gasteiger partial charge in [-0.15, -0.1) is 20.3 Å². The van der Waals surface area contributed by atoms with E-state index in [9.17, 15) is 9.59 Å². The van der Waals surface area contributed by atoms with Crippen molar-refractivity contribution in [1.29, 1.82) is 0 Å². The monoisotopic (exact) mass is 194 g/mol. The van der Waals surface area contributed by atoms with Crippen molar-refractivity contribution in [3.63, 3.8) is 0 Å². The fourth-order valence-corrected chi connectivity index (χ4v) is 4.15. The normalized spacial score (nSPS) is 27.1. The second kappa shape index (κ2) is 3.80. The van der Waals surface area contributed by atoms with E-state index in [2.05, 4.69) is 8.93 Å². The lowest BCUT2D eigenvalue weighted by molar-refractivity contribution is -0.121. The van der Waals surface area contributed by atoms with Crippen LogP contribution >= 0.6 is 27.8 Å². The molecule has 0 amide bonds. The van der Waals surface area contributed by atoms with E-state index in [1.807, 2.05) is 0 Å². The zero-order valence-electron chi connectivity index (χ0n) is 5.29. The van der Waals surface area contributed by atoms with Crippen LogP contribution in [0.4, 0.5) is 0 Å². The van der Waals surface area contributed by atoms with Crippen molar-refractivity contribution in [3.8, 4) is 0 Å². The van der Waals surface area contributed by atoms with E-state index < -0.39 is 0 Å². The SMILES string of the molecule is O=C1CC(=O)C(SPP)C1. The van der Waals surface area contributed by atoms with Crippen molar-refractivity contribution < 1.29 is 9.59 Å². The van der Waals surface area contributed by atoms with Gasteiger partial charge in [0.1, 0.15) is 5.78 Å². The highest BCUT2D eigenvalue weighted by Crippen LogP contribution is 2.43. The molecule has 1 rings (SSSR count). The van der Waals surface area contributed by atoms with Crippen LogP contribution in [0.15, 0.2) is 0 Å². The highest BCUT2D eigenvalue weighted by molar-refractivity contribution is 8.65. The summed E-state index contributed by atoms with van der Waals surface area (Å²) in [5.74, 6) is 0.218. The lowest BCUT2D eigenvalue weighted by Gasteiger charge is -2.01. The Morgan fingerprint density at radius 2 is 2.30 bits per heavy atom. The van der Waals surface area contributed by atoms with E-state index in [4.69, 9.17) is 0 Å². The lowest BCUT2D eigenvalue weighted by Crippen LogP contribution is -2.05. The number of hydrogen-bond donors (Lipinski definition) is 0. The second-order valence-electron chi connectivity index (χ2n) is 2.11. The molecule has 0 aliphatic heterocycles. The van der Waals surface area contributed by atoms with Crippen molar-refractivity contribution in [3.05, 3.63) is 0 Å². The van der Waals surface area contributed by atoms with Crippen LogP contribution in [0.3, 0.4) is 0 Å². The quantitative estimate of drug-likeness (QED) is 0.492. The van der Waals surface area contributed by atoms with E-state index in [-0.39, 0.29) is 23.2 Å². The first-order valence-corrected chi connectivity index (χ1v) is 7.31. The second-order valence-corrected chi connectivity index (χ2v) is 6.69. The molecule has 5 heteroatoms. The van der Waals surface area contributed by atoms with Gasteiger partial charge in [0.05, 0.1) is 11.7 Å². The van der Waals surface area contributed by atoms with E-state index in [1.54, 1.807) is 11.4 Å². The van der Waals surface area contributed by atoms with E-state index in [0.29, 0.717) is 13.9 Å². The highest BCUT2D eigenvalue weighted by atomic mass is 32.9. The van der Waals surface area contributed by atoms with Crippen LogP contribution < -0.4 is 0 Å². The van der Waals surface area contributed by atoms with Crippen LogP contribution in [0, 0.1) is 0 Å². The van der Waals surface area contributed by atoms with Crippen molar-refractivity contribution >= 4 is 39.3 Å². The zero-order chi connectivity index (χ0) is 7.56. The van der Waals surface area contributed by atoms with Crippen molar-refractivity contribution in [1.82, 2.24) is 0 Å². The molecule has 3 unspecified atom stereocenters. The van der Waals surface area contributed by atoms with Gasteiger partial charge in [-0.05, 0) is 7.47 Å². The molecule has 0 spiro atoms. The number of carbonyl (C=O) groups is 2. The van der Waals surface area contributed by atoms with E-state index in [1.165, 1.54) is 0 Å². The Hall–Kier alpha value is 0.550. The molecule has 0 aromatic rings. The average Bonchev–Trinajstić information content (AvgIpc) is 2.13. The van der Waals surface area contributed by atoms with Gasteiger partial charge in [0, 0.05) is 6.42 Å². The molecule has 10 heavy (non-hydrogen) atoms. The molecule has 0 radical (unpaired) electrons. The Bertz CT molecular complexity index is 171. The maximum Gasteiger partial charge on any atom is 0.153 e. The van der Waals surface area contributed by atoms with Crippen LogP contribution in [0.2, 0.25) is 0 Å². The fraction of sp³-hybridized carbons (Fsp3) is 0.600. The van der Waals surface area contributed by atoms with Gasteiger partial charge in [-0.25, -0.2) is 0 Å². The molecule has 0 aromatic carbocycles. The van der Waals surface area contributed by atoms with Gasteiger partial charge >= 0.3 is 0 Å². The summed E-state index contributed by atoms with van der Waals surface area (Å²) in [5, 5.41) is -0.0247. The summed E-state index contributed by atoms with van der Waals surface area (Å²) in [7, 11) is 3.19. The molecule has 0 bridgehead atoms. The molecule has 56 valence electrons. The predicted molar refractivity (Wildman–Crippen MR) is 48.7 cm³/mol. The van der Waals surface area contributed by atoms with Gasteiger partial charge in [0.25, 0.3) is 0 Å². The molecular weight excluding hydrogens is 186 g/mol. The summed E-state index contributed by atoms with van der Waals surface area (Å²) in [4.78, 5) is 21.6. The molecule has 0 heterocycles. The number of carbonyl (C=O) groups excluding carboxylic acids is 2. The summed E-state index contributed by atoms with van der Waals surface area (Å²) < 4.78 is 0. The summed E-state index contributed by atoms with van der Waals surface area (Å²) >= 11 is 1.57. The van der Waals surface area contributed by atoms with E-state index >= 15 is 0 Å². The minimum Gasteiger partial charge on any atom is -0.299 e. The largest absolute Gasteiger partial charge is 0.299 e. The molecule has 1 aliphatic rings. The van der Waals surface area contributed by atoms with Gasteiger partial charge in [-0.3, -0.25) is 9.59 Å². The fourth-order valence-electron chi connectivity index (χ4n) is 0.890. The zero-order valence-corrected chi connectivity index (χ0v) is 8.26. The number of Topliss-reactive ketones (excluding diaryl/α,β-unsaturated/α-hetero) is 2. The summed E-state index contributed by atoms with van der Waals surface area (Å²) in [5.41, 5.74) is 0. The van der Waals surface area contributed by atoms with Crippen LogP contribution in [0.5, 0.6) is 0 Å². The predicted octanol–water partition coefficient (Wildman–Crippen LogP) is 1.40. The molecule has 2 nitrogen and oxygen atoms in total. The Morgan fingerprint density at radius 3 is 2.70 bits per heavy atom. The first-order valence-electron chi connectivity index (χ1n) is 2.89. The Balaban J connectivity index is 2.46. The number of hydrogen-bond acceptors (Lipinski definition) is 3. The molecular formula is C5H8O2P2S. The van der Waals surface area contributed by atoms with Gasteiger partial charge in [0.15, 0.2) is 5.78 Å². The number of rotatable bonds is 2. The maximum atomic E-state index is 10.9.